The van der Waals surface area contributed by atoms with Crippen molar-refractivity contribution in [2.75, 3.05) is 0 Å². The maximum absolute atomic E-state index is 3.67. The van der Waals surface area contributed by atoms with E-state index >= 15 is 0 Å². The molecule has 0 bridgehead atoms. The Morgan fingerprint density at radius 3 is 1.81 bits per heavy atom. The zero-order valence-corrected chi connectivity index (χ0v) is 32.4. The van der Waals surface area contributed by atoms with Crippen LogP contribution in [-0.4, -0.2) is 3.21 Å². The molecule has 0 N–H and O–H groups in total. The summed E-state index contributed by atoms with van der Waals surface area (Å²) in [5.41, 5.74) is 15.7. The Morgan fingerprint density at radius 2 is 1.37 bits per heavy atom. The minimum Gasteiger partial charge on any atom is -1.00 e. The van der Waals surface area contributed by atoms with Gasteiger partial charge in [0.2, 0.25) is 0 Å². The molecule has 230 valence electrons. The molecular weight excluding hydrogens is 643 g/mol. The molecule has 4 aromatic carbocycles. The molecule has 0 atom stereocenters. The van der Waals surface area contributed by atoms with Crippen LogP contribution in [0.2, 0.25) is 0 Å². The SMILES string of the molecule is CC(C)(C)c1[c-]c2c(cc1)-c1ccc(C(C)(C)C)cc1C2.C[C](=[Zr+2])c1ccc(C)cc1.Cc1cc(C(C)C)c(C)[cH-]1.[Cl-].[Cl-]. The minimum atomic E-state index is 0. The van der Waals surface area contributed by atoms with E-state index in [-0.39, 0.29) is 35.6 Å². The van der Waals surface area contributed by atoms with Gasteiger partial charge in [-0.05, 0) is 28.4 Å². The summed E-state index contributed by atoms with van der Waals surface area (Å²) in [5.74, 6) is 0.675. The largest absolute Gasteiger partial charge is 1.00 e. The van der Waals surface area contributed by atoms with Gasteiger partial charge in [0.05, 0.1) is 0 Å². The van der Waals surface area contributed by atoms with Crippen molar-refractivity contribution in [3.8, 4) is 11.1 Å². The molecule has 0 amide bonds. The Labute approximate surface area is 290 Å². The van der Waals surface area contributed by atoms with Crippen LogP contribution in [0.15, 0.2) is 66.7 Å². The molecule has 0 saturated heterocycles. The molecule has 0 heterocycles. The first-order valence-corrected chi connectivity index (χ1v) is 16.3. The van der Waals surface area contributed by atoms with Gasteiger partial charge in [-0.15, -0.1) is 11.1 Å². The number of hydrogen-bond donors (Lipinski definition) is 0. The molecule has 3 heteroatoms. The molecule has 0 aliphatic heterocycles. The van der Waals surface area contributed by atoms with Crippen LogP contribution in [0.5, 0.6) is 0 Å². The second-order valence-electron chi connectivity index (χ2n) is 14.1. The van der Waals surface area contributed by atoms with E-state index in [0.717, 1.165) is 6.42 Å². The average molecular weight is 693 g/mol. The van der Waals surface area contributed by atoms with Gasteiger partial charge in [-0.2, -0.15) is 46.5 Å². The van der Waals surface area contributed by atoms with Gasteiger partial charge in [-0.25, -0.2) is 6.07 Å². The van der Waals surface area contributed by atoms with Crippen LogP contribution in [0.3, 0.4) is 0 Å². The van der Waals surface area contributed by atoms with E-state index in [2.05, 4.69) is 156 Å². The minimum absolute atomic E-state index is 0. The molecule has 0 unspecified atom stereocenters. The molecule has 0 aromatic heterocycles. The van der Waals surface area contributed by atoms with Crippen LogP contribution in [-0.2, 0) is 41.5 Å². The average Bonchev–Trinajstić information content (AvgIpc) is 3.41. The third-order valence-electron chi connectivity index (χ3n) is 7.85. The van der Waals surface area contributed by atoms with E-state index in [1.165, 1.54) is 88.6 Å². The third kappa shape index (κ3) is 10.7. The normalized spacial score (nSPS) is 11.6. The number of aryl methyl sites for hydroxylation is 3. The number of benzene rings is 3. The summed E-state index contributed by atoms with van der Waals surface area (Å²) in [5, 5.41) is 0. The molecule has 0 saturated carbocycles. The van der Waals surface area contributed by atoms with Gasteiger partial charge in [0.15, 0.2) is 0 Å². The van der Waals surface area contributed by atoms with E-state index in [0.29, 0.717) is 5.92 Å². The molecule has 0 nitrogen and oxygen atoms in total. The molecule has 43 heavy (non-hydrogen) atoms. The van der Waals surface area contributed by atoms with Crippen LogP contribution in [0.25, 0.3) is 11.1 Å². The second-order valence-corrected chi connectivity index (χ2v) is 16.0. The number of hydrogen-bond acceptors (Lipinski definition) is 0. The summed E-state index contributed by atoms with van der Waals surface area (Å²) in [6, 6.07) is 28.4. The van der Waals surface area contributed by atoms with Gasteiger partial charge >= 0.3 is 76.7 Å². The van der Waals surface area contributed by atoms with Crippen molar-refractivity contribution in [1.82, 2.24) is 0 Å². The van der Waals surface area contributed by atoms with Gasteiger partial charge in [0.25, 0.3) is 0 Å². The standard InChI is InChI=1S/C21H25.C10H15.C9H10.2ClH.Zr/c1-20(2,3)16-7-9-18-14(12-16)11-15-13-17(21(4,5)6)8-10-19(15)18;1-7(2)10-6-8(3)5-9(10)4;1-3-9-6-4-8(2)5-7-9;;;/h7-10,12H,11H2,1-6H3;5-7H,1-4H3;4-7H,1-2H3;2*1H;/q2*-1;;;;+2/p-2. The van der Waals surface area contributed by atoms with Gasteiger partial charge in [-0.3, -0.25) is 0 Å². The van der Waals surface area contributed by atoms with Crippen molar-refractivity contribution in [3.05, 3.63) is 123 Å². The van der Waals surface area contributed by atoms with Crippen LogP contribution >= 0.6 is 0 Å². The Bertz CT molecular complexity index is 1430. The van der Waals surface area contributed by atoms with Crippen molar-refractivity contribution < 1.29 is 49.0 Å². The first kappa shape index (κ1) is 39.4. The summed E-state index contributed by atoms with van der Waals surface area (Å²) in [6.07, 6.45) is 1.03. The molecule has 0 spiro atoms. The summed E-state index contributed by atoms with van der Waals surface area (Å²) in [6.45, 7) is 26.7. The van der Waals surface area contributed by atoms with Gasteiger partial charge in [-0.1, -0.05) is 98.9 Å². The Kier molecular flexibility index (Phi) is 14.7. The van der Waals surface area contributed by atoms with E-state index in [9.17, 15) is 0 Å². The Hall–Kier alpha value is -1.66. The summed E-state index contributed by atoms with van der Waals surface area (Å²) < 4.78 is 1.46. The number of fused-ring (bicyclic) bond motifs is 3. The summed E-state index contributed by atoms with van der Waals surface area (Å²) >= 11 is 1.51. The monoisotopic (exact) mass is 690 g/mol. The molecule has 5 rings (SSSR count). The van der Waals surface area contributed by atoms with Crippen molar-refractivity contribution in [1.29, 1.82) is 0 Å². The van der Waals surface area contributed by atoms with Crippen LogP contribution in [0, 0.1) is 26.8 Å². The fourth-order valence-electron chi connectivity index (χ4n) is 5.28. The maximum Gasteiger partial charge on any atom is -0.0632 e. The van der Waals surface area contributed by atoms with Crippen molar-refractivity contribution in [2.45, 2.75) is 106 Å². The number of halogens is 2. The first-order chi connectivity index (χ1) is 19.0. The van der Waals surface area contributed by atoms with Crippen LogP contribution < -0.4 is 24.8 Å². The molecular formula is C40H50Cl2Zr-2. The van der Waals surface area contributed by atoms with Crippen molar-refractivity contribution >= 4 is 3.21 Å². The topological polar surface area (TPSA) is 0 Å². The first-order valence-electron chi connectivity index (χ1n) is 15.0. The zero-order valence-electron chi connectivity index (χ0n) is 28.4. The van der Waals surface area contributed by atoms with Crippen molar-refractivity contribution in [2.24, 2.45) is 0 Å². The third-order valence-corrected chi connectivity index (χ3v) is 8.56. The summed E-state index contributed by atoms with van der Waals surface area (Å²) in [7, 11) is 0. The smallest absolute Gasteiger partial charge is 0.0632 e. The quantitative estimate of drug-likeness (QED) is 0.232. The van der Waals surface area contributed by atoms with E-state index in [4.69, 9.17) is 0 Å². The number of rotatable bonds is 2. The Balaban J connectivity index is 0.000000355. The van der Waals surface area contributed by atoms with E-state index < -0.39 is 0 Å². The van der Waals surface area contributed by atoms with Gasteiger partial charge in [0, 0.05) is 0 Å². The Morgan fingerprint density at radius 1 is 0.791 bits per heavy atom. The maximum atomic E-state index is 3.67. The zero-order chi connectivity index (χ0) is 30.7. The van der Waals surface area contributed by atoms with Gasteiger partial charge < -0.3 is 24.8 Å². The molecule has 0 radical (unpaired) electrons. The van der Waals surface area contributed by atoms with E-state index in [1.807, 2.05) is 0 Å². The van der Waals surface area contributed by atoms with Crippen molar-refractivity contribution in [3.63, 3.8) is 0 Å². The van der Waals surface area contributed by atoms with Crippen LogP contribution in [0.4, 0.5) is 0 Å². The molecule has 1 aliphatic carbocycles. The van der Waals surface area contributed by atoms with Gasteiger partial charge in [0.1, 0.15) is 0 Å². The molecule has 0 fully saturated rings. The summed E-state index contributed by atoms with van der Waals surface area (Å²) in [4.78, 5) is 0. The molecule has 1 aliphatic rings. The molecule has 4 aromatic rings. The fourth-order valence-corrected chi connectivity index (χ4v) is 5.69. The predicted molar refractivity (Wildman–Crippen MR) is 177 cm³/mol. The predicted octanol–water partition coefficient (Wildman–Crippen LogP) is 4.89. The van der Waals surface area contributed by atoms with Crippen LogP contribution in [0.1, 0.15) is 118 Å². The fraction of sp³-hybridized carbons (Fsp3) is 0.400. The van der Waals surface area contributed by atoms with E-state index in [1.54, 1.807) is 0 Å². The second kappa shape index (κ2) is 16.1.